The lowest BCUT2D eigenvalue weighted by Gasteiger charge is -2.16. The van der Waals surface area contributed by atoms with Crippen LogP contribution in [0.1, 0.15) is 17.2 Å². The van der Waals surface area contributed by atoms with Crippen molar-refractivity contribution in [3.63, 3.8) is 0 Å². The number of phenolic OH excluding ortho intramolecular Hbond substituents is 1. The summed E-state index contributed by atoms with van der Waals surface area (Å²) in [4.78, 5) is 0. The van der Waals surface area contributed by atoms with Crippen LogP contribution in [0.2, 0.25) is 0 Å². The molecule has 0 unspecified atom stereocenters. The van der Waals surface area contributed by atoms with Crippen molar-refractivity contribution in [2.24, 2.45) is 0 Å². The molecule has 0 saturated heterocycles. The zero-order chi connectivity index (χ0) is 12.8. The molecule has 94 valence electrons. The van der Waals surface area contributed by atoms with Crippen LogP contribution in [0.3, 0.4) is 0 Å². The lowest BCUT2D eigenvalue weighted by Crippen LogP contribution is -2.23. The van der Waals surface area contributed by atoms with Crippen molar-refractivity contribution in [2.45, 2.75) is 12.6 Å². The van der Waals surface area contributed by atoms with Crippen molar-refractivity contribution < 1.29 is 10.2 Å². The van der Waals surface area contributed by atoms with E-state index in [0.717, 1.165) is 11.1 Å². The summed E-state index contributed by atoms with van der Waals surface area (Å²) < 4.78 is 0. The predicted molar refractivity (Wildman–Crippen MR) is 71.2 cm³/mol. The van der Waals surface area contributed by atoms with Gasteiger partial charge in [-0.15, -0.1) is 0 Å². The fourth-order valence-electron chi connectivity index (χ4n) is 1.83. The molecule has 0 saturated carbocycles. The number of hydrogen-bond donors (Lipinski definition) is 3. The van der Waals surface area contributed by atoms with Crippen LogP contribution in [0.4, 0.5) is 0 Å². The van der Waals surface area contributed by atoms with Gasteiger partial charge < -0.3 is 15.5 Å². The minimum absolute atomic E-state index is 0.0576. The van der Waals surface area contributed by atoms with E-state index >= 15 is 0 Å². The lowest BCUT2D eigenvalue weighted by molar-refractivity contribution is 0.243. The number of hydrogen-bond acceptors (Lipinski definition) is 3. The molecule has 1 atom stereocenters. The largest absolute Gasteiger partial charge is 0.508 e. The molecule has 0 spiro atoms. The second-order valence-electron chi connectivity index (χ2n) is 4.19. The molecule has 2 rings (SSSR count). The summed E-state index contributed by atoms with van der Waals surface area (Å²) in [6.07, 6.45) is 0. The van der Waals surface area contributed by atoms with Gasteiger partial charge in [-0.05, 0) is 23.3 Å². The quantitative estimate of drug-likeness (QED) is 0.754. The second kappa shape index (κ2) is 6.19. The van der Waals surface area contributed by atoms with Crippen molar-refractivity contribution in [1.82, 2.24) is 5.32 Å². The number of aromatic hydroxyl groups is 1. The first kappa shape index (κ1) is 12.6. The molecule has 0 aliphatic carbocycles. The smallest absolute Gasteiger partial charge is 0.115 e. The standard InChI is InChI=1S/C15H17NO2/c17-11-15(13-4-2-1-3-5-13)16-10-12-6-8-14(18)9-7-12/h1-9,15-18H,10-11H2/t15-/m1/s1. The number of aliphatic hydroxyl groups excluding tert-OH is 1. The number of phenols is 1. The van der Waals surface area contributed by atoms with Gasteiger partial charge in [-0.3, -0.25) is 0 Å². The maximum Gasteiger partial charge on any atom is 0.115 e. The number of benzene rings is 2. The van der Waals surface area contributed by atoms with Crippen LogP contribution in [0, 0.1) is 0 Å². The molecular weight excluding hydrogens is 226 g/mol. The Labute approximate surface area is 107 Å². The number of nitrogens with one attached hydrogen (secondary N) is 1. The van der Waals surface area contributed by atoms with Crippen LogP contribution >= 0.6 is 0 Å². The molecule has 0 aliphatic heterocycles. The van der Waals surface area contributed by atoms with E-state index in [4.69, 9.17) is 0 Å². The summed E-state index contributed by atoms with van der Waals surface area (Å²) in [7, 11) is 0. The van der Waals surface area contributed by atoms with Gasteiger partial charge >= 0.3 is 0 Å². The highest BCUT2D eigenvalue weighted by atomic mass is 16.3. The van der Waals surface area contributed by atoms with Crippen LogP contribution in [0.15, 0.2) is 54.6 Å². The molecule has 2 aromatic rings. The molecule has 0 amide bonds. The predicted octanol–water partition coefficient (Wildman–Crippen LogP) is 2.22. The van der Waals surface area contributed by atoms with Crippen LogP contribution < -0.4 is 5.32 Å². The van der Waals surface area contributed by atoms with Crippen LogP contribution in [0.5, 0.6) is 5.75 Å². The van der Waals surface area contributed by atoms with E-state index in [0.29, 0.717) is 6.54 Å². The Balaban J connectivity index is 1.97. The number of aliphatic hydroxyl groups is 1. The van der Waals surface area contributed by atoms with Gasteiger partial charge in [0.2, 0.25) is 0 Å². The maximum absolute atomic E-state index is 9.40. The fourth-order valence-corrected chi connectivity index (χ4v) is 1.83. The Morgan fingerprint density at radius 1 is 0.944 bits per heavy atom. The van der Waals surface area contributed by atoms with E-state index in [9.17, 15) is 10.2 Å². The summed E-state index contributed by atoms with van der Waals surface area (Å²) in [5, 5.41) is 21.9. The molecule has 0 heterocycles. The van der Waals surface area contributed by atoms with Crippen LogP contribution in [-0.2, 0) is 6.54 Å². The molecule has 0 aromatic heterocycles. The molecular formula is C15H17NO2. The van der Waals surface area contributed by atoms with Crippen LogP contribution in [0.25, 0.3) is 0 Å². The normalized spacial score (nSPS) is 12.3. The highest BCUT2D eigenvalue weighted by molar-refractivity contribution is 5.26. The Kier molecular flexibility index (Phi) is 4.34. The van der Waals surface area contributed by atoms with Crippen molar-refractivity contribution in [2.75, 3.05) is 6.61 Å². The molecule has 3 heteroatoms. The molecule has 2 aromatic carbocycles. The number of rotatable bonds is 5. The van der Waals surface area contributed by atoms with Gasteiger partial charge in [-0.2, -0.15) is 0 Å². The summed E-state index contributed by atoms with van der Waals surface area (Å²) >= 11 is 0. The molecule has 3 nitrogen and oxygen atoms in total. The average molecular weight is 243 g/mol. The molecule has 3 N–H and O–H groups in total. The molecule has 18 heavy (non-hydrogen) atoms. The highest BCUT2D eigenvalue weighted by Gasteiger charge is 2.08. The highest BCUT2D eigenvalue weighted by Crippen LogP contribution is 2.14. The summed E-state index contributed by atoms with van der Waals surface area (Å²) in [6.45, 7) is 0.711. The molecule has 0 radical (unpaired) electrons. The maximum atomic E-state index is 9.40. The Bertz CT molecular complexity index is 468. The summed E-state index contributed by atoms with van der Waals surface area (Å²) in [5.74, 6) is 0.264. The van der Waals surface area contributed by atoms with Crippen molar-refractivity contribution in [3.05, 3.63) is 65.7 Å². The van der Waals surface area contributed by atoms with Gasteiger partial charge in [0.25, 0.3) is 0 Å². The fraction of sp³-hybridized carbons (Fsp3) is 0.200. The zero-order valence-electron chi connectivity index (χ0n) is 10.1. The first-order valence-corrected chi connectivity index (χ1v) is 5.96. The Morgan fingerprint density at radius 2 is 1.61 bits per heavy atom. The third kappa shape index (κ3) is 3.32. The van der Waals surface area contributed by atoms with E-state index in [1.54, 1.807) is 12.1 Å². The van der Waals surface area contributed by atoms with Gasteiger partial charge in [-0.25, -0.2) is 0 Å². The van der Waals surface area contributed by atoms with E-state index in [1.807, 2.05) is 42.5 Å². The van der Waals surface area contributed by atoms with Crippen molar-refractivity contribution in [3.8, 4) is 5.75 Å². The molecule has 0 aliphatic rings. The van der Waals surface area contributed by atoms with Crippen molar-refractivity contribution in [1.29, 1.82) is 0 Å². The Hall–Kier alpha value is -1.84. The Morgan fingerprint density at radius 3 is 2.22 bits per heavy atom. The summed E-state index contributed by atoms with van der Waals surface area (Å²) in [6, 6.07) is 16.8. The first-order chi connectivity index (χ1) is 8.79. The van der Waals surface area contributed by atoms with E-state index in [2.05, 4.69) is 5.32 Å². The molecule has 0 bridgehead atoms. The topological polar surface area (TPSA) is 52.5 Å². The molecule has 0 fully saturated rings. The monoisotopic (exact) mass is 243 g/mol. The summed E-state index contributed by atoms with van der Waals surface area (Å²) in [5.41, 5.74) is 2.14. The van der Waals surface area contributed by atoms with Gasteiger partial charge in [0.1, 0.15) is 5.75 Å². The van der Waals surface area contributed by atoms with Gasteiger partial charge in [0.05, 0.1) is 12.6 Å². The average Bonchev–Trinajstić information content (AvgIpc) is 2.43. The van der Waals surface area contributed by atoms with Crippen LogP contribution in [-0.4, -0.2) is 16.8 Å². The minimum atomic E-state index is -0.0694. The second-order valence-corrected chi connectivity index (χ2v) is 4.19. The first-order valence-electron chi connectivity index (χ1n) is 5.96. The van der Waals surface area contributed by atoms with Gasteiger partial charge in [0.15, 0.2) is 0 Å². The SMILES string of the molecule is OC[C@@H](NCc1ccc(O)cc1)c1ccccc1. The van der Waals surface area contributed by atoms with Gasteiger partial charge in [-0.1, -0.05) is 42.5 Å². The van der Waals surface area contributed by atoms with E-state index < -0.39 is 0 Å². The third-order valence-electron chi connectivity index (χ3n) is 2.87. The third-order valence-corrected chi connectivity index (χ3v) is 2.87. The van der Waals surface area contributed by atoms with E-state index in [1.165, 1.54) is 0 Å². The van der Waals surface area contributed by atoms with E-state index in [-0.39, 0.29) is 18.4 Å². The van der Waals surface area contributed by atoms with Crippen molar-refractivity contribution >= 4 is 0 Å². The lowest BCUT2D eigenvalue weighted by atomic mass is 10.1. The zero-order valence-corrected chi connectivity index (χ0v) is 10.1. The minimum Gasteiger partial charge on any atom is -0.508 e. The van der Waals surface area contributed by atoms with Gasteiger partial charge in [0, 0.05) is 6.54 Å².